The molecule has 2 N–H and O–H groups in total. The molecule has 114 valence electrons. The molecule has 0 unspecified atom stereocenters. The molecule has 2 aliphatic heterocycles. The van der Waals surface area contributed by atoms with E-state index in [0.29, 0.717) is 19.7 Å². The van der Waals surface area contributed by atoms with Crippen LogP contribution in [0.3, 0.4) is 0 Å². The fraction of sp³-hybridized carbons (Fsp3) is 0.615. The van der Waals surface area contributed by atoms with Crippen LogP contribution in [0, 0.1) is 11.3 Å². The second-order valence-electron chi connectivity index (χ2n) is 5.51. The summed E-state index contributed by atoms with van der Waals surface area (Å²) in [6.07, 6.45) is 2.47. The second kappa shape index (κ2) is 5.61. The molecule has 1 aromatic heterocycles. The second-order valence-corrected chi connectivity index (χ2v) is 6.43. The molecule has 0 saturated carbocycles. The number of likely N-dealkylation sites (tertiary alicyclic amines) is 1. The first kappa shape index (κ1) is 14.3. The summed E-state index contributed by atoms with van der Waals surface area (Å²) in [6, 6.07) is 1.72. The Morgan fingerprint density at radius 2 is 2.48 bits per heavy atom. The highest BCUT2D eigenvalue weighted by Gasteiger charge is 2.57. The van der Waals surface area contributed by atoms with Crippen molar-refractivity contribution in [3.63, 3.8) is 0 Å². The average Bonchev–Trinajstić information content (AvgIpc) is 3.13. The molecule has 2 atom stereocenters. The number of nitrogens with zero attached hydrogens (tertiary/aromatic N) is 2. The summed E-state index contributed by atoms with van der Waals surface area (Å²) in [5.74, 6) is -0.979. The third kappa shape index (κ3) is 2.60. The van der Waals surface area contributed by atoms with Crippen LogP contribution in [0.4, 0.5) is 4.79 Å². The number of urea groups is 1. The lowest BCUT2D eigenvalue weighted by Crippen LogP contribution is -2.43. The minimum atomic E-state index is -0.922. The molecule has 3 heterocycles. The van der Waals surface area contributed by atoms with E-state index in [1.165, 1.54) is 11.5 Å². The smallest absolute Gasteiger partial charge is 0.317 e. The number of carbonyl (C=O) groups is 2. The number of ether oxygens (including phenoxy) is 1. The zero-order valence-electron chi connectivity index (χ0n) is 11.4. The lowest BCUT2D eigenvalue weighted by atomic mass is 9.81. The van der Waals surface area contributed by atoms with Crippen molar-refractivity contribution in [2.75, 3.05) is 32.8 Å². The molecule has 0 bridgehead atoms. The molecule has 3 rings (SSSR count). The number of carboxylic acids is 1. The van der Waals surface area contributed by atoms with Gasteiger partial charge in [-0.05, 0) is 17.6 Å². The molecule has 0 aromatic carbocycles. The van der Waals surface area contributed by atoms with Gasteiger partial charge in [0.15, 0.2) is 0 Å². The quantitative estimate of drug-likeness (QED) is 0.841. The normalized spacial score (nSPS) is 27.6. The summed E-state index contributed by atoms with van der Waals surface area (Å²) in [6.45, 7) is 1.80. The van der Waals surface area contributed by atoms with E-state index in [1.54, 1.807) is 11.1 Å². The van der Waals surface area contributed by atoms with Crippen molar-refractivity contribution >= 4 is 23.5 Å². The molecule has 0 spiro atoms. The maximum absolute atomic E-state index is 12.1. The lowest BCUT2D eigenvalue weighted by molar-refractivity contribution is -0.149. The number of hydrogen-bond donors (Lipinski definition) is 2. The van der Waals surface area contributed by atoms with Crippen LogP contribution in [0.15, 0.2) is 12.3 Å². The highest BCUT2D eigenvalue weighted by Crippen LogP contribution is 2.41. The van der Waals surface area contributed by atoms with Crippen LogP contribution < -0.4 is 5.32 Å². The lowest BCUT2D eigenvalue weighted by Gasteiger charge is -2.22. The van der Waals surface area contributed by atoms with Gasteiger partial charge in [0.25, 0.3) is 0 Å². The minimum absolute atomic E-state index is 0.109. The van der Waals surface area contributed by atoms with Crippen molar-refractivity contribution in [2.45, 2.75) is 6.42 Å². The summed E-state index contributed by atoms with van der Waals surface area (Å²) in [4.78, 5) is 26.3. The van der Waals surface area contributed by atoms with Gasteiger partial charge in [-0.2, -0.15) is 0 Å². The molecule has 2 fully saturated rings. The van der Waals surface area contributed by atoms with E-state index in [-0.39, 0.29) is 25.1 Å². The highest BCUT2D eigenvalue weighted by molar-refractivity contribution is 7.05. The summed E-state index contributed by atoms with van der Waals surface area (Å²) >= 11 is 1.41. The van der Waals surface area contributed by atoms with Crippen LogP contribution in [0.2, 0.25) is 0 Å². The van der Waals surface area contributed by atoms with Gasteiger partial charge in [0, 0.05) is 43.0 Å². The number of amides is 2. The van der Waals surface area contributed by atoms with Crippen LogP contribution in [0.1, 0.15) is 4.88 Å². The molecule has 21 heavy (non-hydrogen) atoms. The fourth-order valence-corrected chi connectivity index (χ4v) is 3.54. The van der Waals surface area contributed by atoms with E-state index in [0.717, 1.165) is 11.3 Å². The maximum Gasteiger partial charge on any atom is 0.317 e. The molecule has 0 radical (unpaired) electrons. The molecule has 2 amide bonds. The van der Waals surface area contributed by atoms with Crippen molar-refractivity contribution in [2.24, 2.45) is 11.3 Å². The van der Waals surface area contributed by atoms with E-state index >= 15 is 0 Å². The minimum Gasteiger partial charge on any atom is -0.481 e. The Morgan fingerprint density at radius 3 is 3.14 bits per heavy atom. The Labute approximate surface area is 126 Å². The van der Waals surface area contributed by atoms with Gasteiger partial charge in [-0.3, -0.25) is 4.79 Å². The number of carboxylic acid groups (broad SMARTS) is 1. The Balaban J connectivity index is 1.53. The van der Waals surface area contributed by atoms with Gasteiger partial charge in [-0.25, -0.2) is 9.17 Å². The number of nitrogens with one attached hydrogen (secondary N) is 1. The van der Waals surface area contributed by atoms with Gasteiger partial charge in [0.05, 0.1) is 13.2 Å². The number of hydrogen-bond acceptors (Lipinski definition) is 5. The number of aliphatic carboxylic acids is 1. The Bertz CT molecular complexity index is 536. The van der Waals surface area contributed by atoms with E-state index in [2.05, 4.69) is 9.69 Å². The van der Waals surface area contributed by atoms with E-state index in [4.69, 9.17) is 4.74 Å². The SMILES string of the molecule is O=C(NCCc1ccns1)N1C[C@@H]2COC[C@]2(C(=O)O)C1. The summed E-state index contributed by atoms with van der Waals surface area (Å²) in [5.41, 5.74) is -0.922. The van der Waals surface area contributed by atoms with E-state index < -0.39 is 11.4 Å². The Kier molecular flexibility index (Phi) is 3.81. The third-order valence-corrected chi connectivity index (χ3v) is 5.03. The van der Waals surface area contributed by atoms with Gasteiger partial charge in [0.1, 0.15) is 5.41 Å². The first-order chi connectivity index (χ1) is 10.1. The fourth-order valence-electron chi connectivity index (χ4n) is 2.97. The Morgan fingerprint density at radius 1 is 1.62 bits per heavy atom. The monoisotopic (exact) mass is 311 g/mol. The van der Waals surface area contributed by atoms with Crippen molar-refractivity contribution in [1.82, 2.24) is 14.6 Å². The van der Waals surface area contributed by atoms with Crippen molar-refractivity contribution in [1.29, 1.82) is 0 Å². The predicted octanol–water partition coefficient (Wildman–Crippen LogP) is 0.428. The molecular formula is C13H17N3O4S. The molecule has 1 aromatic rings. The van der Waals surface area contributed by atoms with Gasteiger partial charge in [-0.15, -0.1) is 0 Å². The van der Waals surface area contributed by atoms with Crippen LogP contribution >= 0.6 is 11.5 Å². The first-order valence-corrected chi connectivity index (χ1v) is 7.62. The van der Waals surface area contributed by atoms with Crippen molar-refractivity contribution < 1.29 is 19.4 Å². The standard InChI is InChI=1S/C13H17N3O4S/c17-11(18)13-7-16(5-9(13)6-20-8-13)12(19)14-3-1-10-2-4-15-21-10/h2,4,9H,1,3,5-8H2,(H,14,19)(H,17,18)/t9-,13-/m1/s1. The zero-order chi connectivity index (χ0) is 14.9. The number of fused-ring (bicyclic) bond motifs is 1. The highest BCUT2D eigenvalue weighted by atomic mass is 32.1. The molecule has 7 nitrogen and oxygen atoms in total. The zero-order valence-corrected chi connectivity index (χ0v) is 12.3. The summed E-state index contributed by atoms with van der Waals surface area (Å²) in [5, 5.41) is 12.3. The largest absolute Gasteiger partial charge is 0.481 e. The van der Waals surface area contributed by atoms with Crippen LogP contribution in [0.25, 0.3) is 0 Å². The predicted molar refractivity (Wildman–Crippen MR) is 75.2 cm³/mol. The first-order valence-electron chi connectivity index (χ1n) is 6.85. The van der Waals surface area contributed by atoms with Crippen LogP contribution in [0.5, 0.6) is 0 Å². The average molecular weight is 311 g/mol. The summed E-state index contributed by atoms with van der Waals surface area (Å²) in [7, 11) is 0. The Hall–Kier alpha value is -1.67. The topological polar surface area (TPSA) is 91.8 Å². The molecule has 2 aliphatic rings. The van der Waals surface area contributed by atoms with Crippen LogP contribution in [-0.2, 0) is 16.0 Å². The van der Waals surface area contributed by atoms with Crippen molar-refractivity contribution in [3.05, 3.63) is 17.1 Å². The molecule has 8 heteroatoms. The van der Waals surface area contributed by atoms with Gasteiger partial charge in [-0.1, -0.05) is 0 Å². The van der Waals surface area contributed by atoms with Gasteiger partial charge in [0.2, 0.25) is 0 Å². The van der Waals surface area contributed by atoms with E-state index in [1.807, 2.05) is 6.07 Å². The number of carbonyl (C=O) groups excluding carboxylic acids is 1. The molecule has 2 saturated heterocycles. The van der Waals surface area contributed by atoms with Crippen LogP contribution in [-0.4, -0.2) is 59.2 Å². The molecule has 0 aliphatic carbocycles. The van der Waals surface area contributed by atoms with E-state index in [9.17, 15) is 14.7 Å². The summed E-state index contributed by atoms with van der Waals surface area (Å²) < 4.78 is 9.29. The van der Waals surface area contributed by atoms with Crippen molar-refractivity contribution in [3.8, 4) is 0 Å². The molecular weight excluding hydrogens is 294 g/mol. The maximum atomic E-state index is 12.1. The third-order valence-electron chi connectivity index (χ3n) is 4.23. The number of rotatable bonds is 4. The number of aromatic nitrogens is 1. The van der Waals surface area contributed by atoms with Gasteiger partial charge < -0.3 is 20.1 Å². The van der Waals surface area contributed by atoms with Gasteiger partial charge >= 0.3 is 12.0 Å².